The van der Waals surface area contributed by atoms with Gasteiger partial charge >= 0.3 is 0 Å². The Morgan fingerprint density at radius 3 is 2.38 bits per heavy atom. The third kappa shape index (κ3) is 3.45. The van der Waals surface area contributed by atoms with Gasteiger partial charge in [-0.3, -0.25) is 9.59 Å². The predicted molar refractivity (Wildman–Crippen MR) is 105 cm³/mol. The number of carbonyl (C=O) groups is 2. The summed E-state index contributed by atoms with van der Waals surface area (Å²) in [4.78, 5) is 27.7. The number of amides is 1. The summed E-state index contributed by atoms with van der Waals surface area (Å²) in [5.41, 5.74) is 0.0528. The van der Waals surface area contributed by atoms with Gasteiger partial charge in [-0.2, -0.15) is 0 Å². The van der Waals surface area contributed by atoms with Crippen molar-refractivity contribution >= 4 is 28.8 Å². The van der Waals surface area contributed by atoms with E-state index in [1.54, 1.807) is 6.07 Å². The minimum atomic E-state index is -1.09. The highest BCUT2D eigenvalue weighted by molar-refractivity contribution is 7.09. The molecule has 0 spiro atoms. The fraction of sp³-hybridized carbons (Fsp3) is 0.0909. The molecule has 3 aromatic rings. The number of carbonyl (C=O) groups excluding carboxylic acids is 2. The lowest BCUT2D eigenvalue weighted by Gasteiger charge is -2.25. The van der Waals surface area contributed by atoms with Crippen LogP contribution in [0, 0.1) is 11.6 Å². The Labute approximate surface area is 169 Å². The number of ketones is 1. The van der Waals surface area contributed by atoms with Crippen molar-refractivity contribution < 1.29 is 23.5 Å². The smallest absolute Gasteiger partial charge is 0.295 e. The van der Waals surface area contributed by atoms with Crippen LogP contribution in [0.2, 0.25) is 0 Å². The molecule has 1 saturated heterocycles. The number of aliphatic hydroxyl groups excluding tert-OH is 1. The van der Waals surface area contributed by atoms with Crippen LogP contribution in [0.3, 0.4) is 0 Å². The number of benzene rings is 2. The standard InChI is InChI=1S/C22H15F2NO3S/c23-14-9-7-13(8-10-14)20(26)18-19(16-5-1-2-6-17(16)24)25(22(28)21(18)27)12-15-4-3-11-29-15/h1-11,19,26H,12H2/b20-18+. The van der Waals surface area contributed by atoms with Gasteiger partial charge in [0.15, 0.2) is 0 Å². The number of halogens is 2. The molecule has 4 nitrogen and oxygen atoms in total. The summed E-state index contributed by atoms with van der Waals surface area (Å²) in [6.07, 6.45) is 0. The quantitative estimate of drug-likeness (QED) is 0.386. The zero-order chi connectivity index (χ0) is 20.5. The van der Waals surface area contributed by atoms with E-state index in [0.29, 0.717) is 0 Å². The highest BCUT2D eigenvalue weighted by Crippen LogP contribution is 2.41. The molecule has 1 N–H and O–H groups in total. The van der Waals surface area contributed by atoms with Crippen molar-refractivity contribution in [1.82, 2.24) is 4.90 Å². The molecule has 29 heavy (non-hydrogen) atoms. The summed E-state index contributed by atoms with van der Waals surface area (Å²) in [7, 11) is 0. The van der Waals surface area contributed by atoms with E-state index < -0.39 is 35.1 Å². The molecule has 0 bridgehead atoms. The lowest BCUT2D eigenvalue weighted by molar-refractivity contribution is -0.140. The molecule has 1 amide bonds. The summed E-state index contributed by atoms with van der Waals surface area (Å²) >= 11 is 1.40. The van der Waals surface area contributed by atoms with Gasteiger partial charge in [0.1, 0.15) is 17.4 Å². The van der Waals surface area contributed by atoms with E-state index >= 15 is 0 Å². The summed E-state index contributed by atoms with van der Waals surface area (Å²) in [6.45, 7) is 0.0986. The molecule has 1 fully saturated rings. The maximum atomic E-state index is 14.6. The van der Waals surface area contributed by atoms with Crippen molar-refractivity contribution in [3.8, 4) is 0 Å². The zero-order valence-electron chi connectivity index (χ0n) is 15.0. The van der Waals surface area contributed by atoms with Gasteiger partial charge in [-0.15, -0.1) is 11.3 Å². The normalized spacial score (nSPS) is 18.4. The van der Waals surface area contributed by atoms with Gasteiger partial charge in [0.05, 0.1) is 18.2 Å². The molecule has 146 valence electrons. The molecular formula is C22H15F2NO3S. The van der Waals surface area contributed by atoms with E-state index in [2.05, 4.69) is 0 Å². The molecule has 4 rings (SSSR count). The highest BCUT2D eigenvalue weighted by atomic mass is 32.1. The lowest BCUT2D eigenvalue weighted by Crippen LogP contribution is -2.29. The molecule has 2 aromatic carbocycles. The van der Waals surface area contributed by atoms with Crippen LogP contribution >= 0.6 is 11.3 Å². The van der Waals surface area contributed by atoms with Gasteiger partial charge in [-0.1, -0.05) is 24.3 Å². The Morgan fingerprint density at radius 1 is 1.00 bits per heavy atom. The van der Waals surface area contributed by atoms with E-state index in [1.807, 2.05) is 17.5 Å². The Bertz CT molecular complexity index is 1110. The third-order valence-corrected chi connectivity index (χ3v) is 5.62. The first-order chi connectivity index (χ1) is 14.0. The number of hydrogen-bond acceptors (Lipinski definition) is 4. The number of Topliss-reactive ketones (excluding diaryl/α,β-unsaturated/α-hetero) is 1. The first kappa shape index (κ1) is 19.0. The Hall–Kier alpha value is -3.32. The van der Waals surface area contributed by atoms with E-state index in [9.17, 15) is 23.5 Å². The van der Waals surface area contributed by atoms with Crippen LogP contribution < -0.4 is 0 Å². The highest BCUT2D eigenvalue weighted by Gasteiger charge is 2.47. The number of nitrogens with zero attached hydrogens (tertiary/aromatic N) is 1. The Balaban J connectivity index is 1.89. The van der Waals surface area contributed by atoms with Gasteiger partial charge in [-0.25, -0.2) is 8.78 Å². The Kier molecular flexibility index (Phi) is 4.98. The van der Waals surface area contributed by atoms with Crippen molar-refractivity contribution in [3.05, 3.63) is 99.3 Å². The number of thiophene rings is 1. The van der Waals surface area contributed by atoms with Crippen LogP contribution in [0.4, 0.5) is 8.78 Å². The first-order valence-corrected chi connectivity index (χ1v) is 9.66. The number of rotatable bonds is 4. The van der Waals surface area contributed by atoms with Crippen LogP contribution in [-0.2, 0) is 16.1 Å². The van der Waals surface area contributed by atoms with Crippen LogP contribution in [0.1, 0.15) is 22.0 Å². The third-order valence-electron chi connectivity index (χ3n) is 4.76. The molecule has 1 aliphatic heterocycles. The van der Waals surface area contributed by atoms with Crippen molar-refractivity contribution in [3.63, 3.8) is 0 Å². The molecule has 1 aromatic heterocycles. The first-order valence-electron chi connectivity index (χ1n) is 8.78. The van der Waals surface area contributed by atoms with Crippen LogP contribution in [-0.4, -0.2) is 21.7 Å². The minimum Gasteiger partial charge on any atom is -0.507 e. The van der Waals surface area contributed by atoms with E-state index in [1.165, 1.54) is 46.6 Å². The minimum absolute atomic E-state index is 0.0986. The van der Waals surface area contributed by atoms with Gasteiger partial charge in [0, 0.05) is 16.0 Å². The lowest BCUT2D eigenvalue weighted by atomic mass is 9.95. The molecule has 1 unspecified atom stereocenters. The van der Waals surface area contributed by atoms with Crippen LogP contribution in [0.25, 0.3) is 5.76 Å². The summed E-state index contributed by atoms with van der Waals surface area (Å²) in [5.74, 6) is -3.30. The molecule has 0 radical (unpaired) electrons. The number of likely N-dealkylation sites (tertiary alicyclic amines) is 1. The molecule has 2 heterocycles. The van der Waals surface area contributed by atoms with Crippen LogP contribution in [0.15, 0.2) is 71.6 Å². The van der Waals surface area contributed by atoms with Gasteiger partial charge in [-0.05, 0) is 41.8 Å². The van der Waals surface area contributed by atoms with Gasteiger partial charge < -0.3 is 10.0 Å². The Morgan fingerprint density at radius 2 is 1.72 bits per heavy atom. The van der Waals surface area contributed by atoms with Crippen molar-refractivity contribution in [2.75, 3.05) is 0 Å². The van der Waals surface area contributed by atoms with Crippen molar-refractivity contribution in [1.29, 1.82) is 0 Å². The largest absolute Gasteiger partial charge is 0.507 e. The molecular weight excluding hydrogens is 396 g/mol. The summed E-state index contributed by atoms with van der Waals surface area (Å²) < 4.78 is 27.9. The fourth-order valence-electron chi connectivity index (χ4n) is 3.40. The fourth-order valence-corrected chi connectivity index (χ4v) is 4.10. The van der Waals surface area contributed by atoms with E-state index in [4.69, 9.17) is 0 Å². The average Bonchev–Trinajstić information content (AvgIpc) is 3.31. The van der Waals surface area contributed by atoms with Gasteiger partial charge in [0.2, 0.25) is 0 Å². The molecule has 7 heteroatoms. The van der Waals surface area contributed by atoms with Crippen molar-refractivity contribution in [2.45, 2.75) is 12.6 Å². The molecule has 0 saturated carbocycles. The van der Waals surface area contributed by atoms with E-state index in [0.717, 1.165) is 17.0 Å². The SMILES string of the molecule is O=C1C(=O)N(Cc2cccs2)C(c2ccccc2F)/C1=C(\O)c1ccc(F)cc1. The second-order valence-corrected chi connectivity index (χ2v) is 7.57. The second-order valence-electron chi connectivity index (χ2n) is 6.53. The number of hydrogen-bond donors (Lipinski definition) is 1. The van der Waals surface area contributed by atoms with Gasteiger partial charge in [0.25, 0.3) is 11.7 Å². The molecule has 0 aliphatic carbocycles. The topological polar surface area (TPSA) is 57.6 Å². The maximum absolute atomic E-state index is 14.6. The molecule has 1 atom stereocenters. The summed E-state index contributed by atoms with van der Waals surface area (Å²) in [6, 6.07) is 13.2. The van der Waals surface area contributed by atoms with E-state index in [-0.39, 0.29) is 23.2 Å². The monoisotopic (exact) mass is 411 g/mol. The molecule has 1 aliphatic rings. The second kappa shape index (κ2) is 7.60. The predicted octanol–water partition coefficient (Wildman–Crippen LogP) is 4.65. The number of aliphatic hydroxyl groups is 1. The average molecular weight is 411 g/mol. The van der Waals surface area contributed by atoms with Crippen molar-refractivity contribution in [2.24, 2.45) is 0 Å². The summed E-state index contributed by atoms with van der Waals surface area (Å²) in [5, 5.41) is 12.6. The zero-order valence-corrected chi connectivity index (χ0v) is 15.8. The maximum Gasteiger partial charge on any atom is 0.295 e. The van der Waals surface area contributed by atoms with Crippen LogP contribution in [0.5, 0.6) is 0 Å².